The summed E-state index contributed by atoms with van der Waals surface area (Å²) >= 11 is 0. The first-order chi connectivity index (χ1) is 9.20. The lowest BCUT2D eigenvalue weighted by molar-refractivity contribution is 0.0696. The Balaban J connectivity index is 2.01. The highest BCUT2D eigenvalue weighted by atomic mass is 16.5. The average Bonchev–Trinajstić information content (AvgIpc) is 2.40. The second-order valence-corrected chi connectivity index (χ2v) is 4.94. The molecular formula is C15H21NO3. The molecule has 0 radical (unpaired) electrons. The molecule has 1 fully saturated rings. The molecule has 0 unspecified atom stereocenters. The van der Waals surface area contributed by atoms with E-state index in [-0.39, 0.29) is 11.9 Å². The number of carbonyl (C=O) groups is 1. The molecule has 1 aliphatic heterocycles. The molecule has 0 saturated carbocycles. The Morgan fingerprint density at radius 2 is 2.16 bits per heavy atom. The van der Waals surface area contributed by atoms with E-state index >= 15 is 0 Å². The summed E-state index contributed by atoms with van der Waals surface area (Å²) in [7, 11) is 1.67. The van der Waals surface area contributed by atoms with Crippen LogP contribution >= 0.6 is 0 Å². The number of methoxy groups -OCH3 is 1. The maximum atomic E-state index is 12.2. The van der Waals surface area contributed by atoms with Gasteiger partial charge in [-0.3, -0.25) is 4.79 Å². The SMILES string of the molecule is COCc1ccc(C(=O)NC2CCOCC2)c(C)c1. The summed E-state index contributed by atoms with van der Waals surface area (Å²) in [5, 5.41) is 3.08. The van der Waals surface area contributed by atoms with Gasteiger partial charge in [-0.2, -0.15) is 0 Å². The molecule has 0 atom stereocenters. The first-order valence-electron chi connectivity index (χ1n) is 6.68. The number of ether oxygens (including phenoxy) is 2. The number of aryl methyl sites for hydroxylation is 1. The van der Waals surface area contributed by atoms with Crippen LogP contribution in [0.15, 0.2) is 18.2 Å². The summed E-state index contributed by atoms with van der Waals surface area (Å²) in [5.41, 5.74) is 2.81. The molecule has 1 aromatic carbocycles. The van der Waals surface area contributed by atoms with Crippen molar-refractivity contribution in [3.8, 4) is 0 Å². The lowest BCUT2D eigenvalue weighted by Crippen LogP contribution is -2.39. The number of hydrogen-bond donors (Lipinski definition) is 1. The van der Waals surface area contributed by atoms with Gasteiger partial charge in [-0.05, 0) is 37.0 Å². The van der Waals surface area contributed by atoms with E-state index in [1.54, 1.807) is 7.11 Å². The van der Waals surface area contributed by atoms with Crippen molar-refractivity contribution in [1.82, 2.24) is 5.32 Å². The van der Waals surface area contributed by atoms with E-state index in [9.17, 15) is 4.79 Å². The van der Waals surface area contributed by atoms with Gasteiger partial charge in [0.1, 0.15) is 0 Å². The first-order valence-corrected chi connectivity index (χ1v) is 6.68. The lowest BCUT2D eigenvalue weighted by atomic mass is 10.0. The summed E-state index contributed by atoms with van der Waals surface area (Å²) in [6, 6.07) is 6.05. The Hall–Kier alpha value is -1.39. The van der Waals surface area contributed by atoms with Gasteiger partial charge in [-0.25, -0.2) is 0 Å². The van der Waals surface area contributed by atoms with Crippen LogP contribution in [0.3, 0.4) is 0 Å². The van der Waals surface area contributed by atoms with Crippen molar-refractivity contribution >= 4 is 5.91 Å². The molecule has 104 valence electrons. The summed E-state index contributed by atoms with van der Waals surface area (Å²) in [6.45, 7) is 3.99. The molecule has 1 aliphatic rings. The van der Waals surface area contributed by atoms with Crippen molar-refractivity contribution < 1.29 is 14.3 Å². The standard InChI is InChI=1S/C15H21NO3/c1-11-9-12(10-18-2)3-4-14(11)15(17)16-13-5-7-19-8-6-13/h3-4,9,13H,5-8,10H2,1-2H3,(H,16,17). The van der Waals surface area contributed by atoms with Crippen molar-refractivity contribution in [2.24, 2.45) is 0 Å². The molecule has 19 heavy (non-hydrogen) atoms. The molecule has 0 spiro atoms. The number of carbonyl (C=O) groups excluding carboxylic acids is 1. The number of amides is 1. The highest BCUT2D eigenvalue weighted by molar-refractivity contribution is 5.95. The third-order valence-electron chi connectivity index (χ3n) is 3.40. The molecule has 4 heteroatoms. The first kappa shape index (κ1) is 14.0. The van der Waals surface area contributed by atoms with Gasteiger partial charge in [0.2, 0.25) is 0 Å². The van der Waals surface area contributed by atoms with E-state index in [0.29, 0.717) is 6.61 Å². The Morgan fingerprint density at radius 3 is 2.79 bits per heavy atom. The van der Waals surface area contributed by atoms with Crippen molar-refractivity contribution in [3.05, 3.63) is 34.9 Å². The Morgan fingerprint density at radius 1 is 1.42 bits per heavy atom. The van der Waals surface area contributed by atoms with Crippen LogP contribution in [0.25, 0.3) is 0 Å². The average molecular weight is 263 g/mol. The van der Waals surface area contributed by atoms with Crippen LogP contribution in [0, 0.1) is 6.92 Å². The van der Waals surface area contributed by atoms with Crippen LogP contribution in [0.2, 0.25) is 0 Å². The smallest absolute Gasteiger partial charge is 0.251 e. The summed E-state index contributed by atoms with van der Waals surface area (Å²) in [4.78, 5) is 12.2. The maximum Gasteiger partial charge on any atom is 0.251 e. The molecule has 1 amide bonds. The van der Waals surface area contributed by atoms with Crippen LogP contribution in [0.1, 0.15) is 34.3 Å². The normalized spacial score (nSPS) is 16.3. The Labute approximate surface area is 114 Å². The van der Waals surface area contributed by atoms with Crippen LogP contribution in [-0.2, 0) is 16.1 Å². The highest BCUT2D eigenvalue weighted by Crippen LogP contribution is 2.14. The quantitative estimate of drug-likeness (QED) is 0.904. The molecular weight excluding hydrogens is 242 g/mol. The van der Waals surface area contributed by atoms with Crippen molar-refractivity contribution in [1.29, 1.82) is 0 Å². The van der Waals surface area contributed by atoms with Crippen LogP contribution in [-0.4, -0.2) is 32.3 Å². The van der Waals surface area contributed by atoms with Gasteiger partial charge < -0.3 is 14.8 Å². The second kappa shape index (κ2) is 6.68. The topological polar surface area (TPSA) is 47.6 Å². The van der Waals surface area contributed by atoms with Gasteiger partial charge in [0, 0.05) is 31.9 Å². The van der Waals surface area contributed by atoms with E-state index in [1.807, 2.05) is 25.1 Å². The Kier molecular flexibility index (Phi) is 4.93. The van der Waals surface area contributed by atoms with Gasteiger partial charge in [0.25, 0.3) is 5.91 Å². The van der Waals surface area contributed by atoms with Crippen LogP contribution in [0.4, 0.5) is 0 Å². The zero-order valence-electron chi connectivity index (χ0n) is 11.6. The monoisotopic (exact) mass is 263 g/mol. The zero-order chi connectivity index (χ0) is 13.7. The molecule has 1 heterocycles. The number of rotatable bonds is 4. The van der Waals surface area contributed by atoms with Crippen LogP contribution < -0.4 is 5.32 Å². The Bertz CT molecular complexity index is 439. The third-order valence-corrected chi connectivity index (χ3v) is 3.40. The number of hydrogen-bond acceptors (Lipinski definition) is 3. The summed E-state index contributed by atoms with van der Waals surface area (Å²) in [5.74, 6) is 0.00775. The van der Waals surface area contributed by atoms with Crippen molar-refractivity contribution in [2.75, 3.05) is 20.3 Å². The van der Waals surface area contributed by atoms with Gasteiger partial charge in [0.05, 0.1) is 6.61 Å². The van der Waals surface area contributed by atoms with E-state index in [0.717, 1.165) is 42.7 Å². The highest BCUT2D eigenvalue weighted by Gasteiger charge is 2.18. The molecule has 0 aromatic heterocycles. The fourth-order valence-corrected chi connectivity index (χ4v) is 2.34. The fourth-order valence-electron chi connectivity index (χ4n) is 2.34. The van der Waals surface area contributed by atoms with Gasteiger partial charge in [-0.15, -0.1) is 0 Å². The largest absolute Gasteiger partial charge is 0.381 e. The fraction of sp³-hybridized carbons (Fsp3) is 0.533. The predicted octanol–water partition coefficient (Wildman–Crippen LogP) is 2.05. The zero-order valence-corrected chi connectivity index (χ0v) is 11.6. The molecule has 0 aliphatic carbocycles. The summed E-state index contributed by atoms with van der Waals surface area (Å²) < 4.78 is 10.4. The minimum Gasteiger partial charge on any atom is -0.381 e. The molecule has 1 saturated heterocycles. The van der Waals surface area contributed by atoms with Gasteiger partial charge in [0.15, 0.2) is 0 Å². The van der Waals surface area contributed by atoms with E-state index in [4.69, 9.17) is 9.47 Å². The van der Waals surface area contributed by atoms with Gasteiger partial charge in [-0.1, -0.05) is 12.1 Å². The third kappa shape index (κ3) is 3.78. The van der Waals surface area contributed by atoms with Crippen molar-refractivity contribution in [2.45, 2.75) is 32.4 Å². The van der Waals surface area contributed by atoms with E-state index in [1.165, 1.54) is 0 Å². The minimum atomic E-state index is 0.00775. The molecule has 1 N–H and O–H groups in total. The number of nitrogens with one attached hydrogen (secondary N) is 1. The maximum absolute atomic E-state index is 12.2. The van der Waals surface area contributed by atoms with Gasteiger partial charge >= 0.3 is 0 Å². The second-order valence-electron chi connectivity index (χ2n) is 4.94. The molecule has 1 aromatic rings. The van der Waals surface area contributed by atoms with E-state index in [2.05, 4.69) is 5.32 Å². The number of benzene rings is 1. The molecule has 0 bridgehead atoms. The molecule has 4 nitrogen and oxygen atoms in total. The van der Waals surface area contributed by atoms with E-state index < -0.39 is 0 Å². The van der Waals surface area contributed by atoms with Crippen LogP contribution in [0.5, 0.6) is 0 Å². The lowest BCUT2D eigenvalue weighted by Gasteiger charge is -2.23. The molecule has 2 rings (SSSR count). The van der Waals surface area contributed by atoms with Crippen molar-refractivity contribution in [3.63, 3.8) is 0 Å². The summed E-state index contributed by atoms with van der Waals surface area (Å²) in [6.07, 6.45) is 1.79. The minimum absolute atomic E-state index is 0.00775. The predicted molar refractivity (Wildman–Crippen MR) is 73.2 cm³/mol.